The van der Waals surface area contributed by atoms with Crippen molar-refractivity contribution in [1.82, 2.24) is 28.2 Å². The number of pyridine rings is 2. The Hall–Kier alpha value is -14.6. The molecule has 23 aromatic rings. The minimum Gasteiger partial charge on any atom is -0.309 e. The molecule has 2 spiro atoms. The molecule has 0 saturated heterocycles. The highest BCUT2D eigenvalue weighted by atomic mass is 32.3. The van der Waals surface area contributed by atoms with Crippen LogP contribution in [-0.4, -0.2) is 47.0 Å². The average Bonchev–Trinajstić information content (AvgIpc) is 1.50. The standard InChI is InChI=1S/C68H55N3S.C65H53N3/c1-72(2,3)65-40-50(39-59-66(65)54-19-6-8-21-58(54)68(59)48-32-41-31-42(34-48)35-49(68)33-41)70-62-27-24-46(37-56(62)57-38-47(26-29-63(57)70)52-20-10-15-44-16-12-30-69-67(44)52)45-25-28-64-55(36-45)53-18-7-9-22-61(53)71(64)60-23-11-14-43-13-4-5-17-51(43)60;1-64(2,3)47-18-21-54-57-35-44(43-16-24-61-56(34-43)53-12-6-7-13-60(53)67(61)50-19-14-41-9-4-5-10-42(41)32-50)17-25-62(57)68(63(54)36-47)51-20-22-52-55-33-45(46-11-8-26-66-38-46)15-23-58(55)65(59(52)37-51)48-28-39-27-40(30-48)31-49(65)29-39/h4-30,36-42,48-49H,31-35H2,1-3H3;4-26,32-40,48-49H,27-31H2,1-3H3. The molecule has 10 aliphatic carbocycles. The zero-order valence-corrected chi connectivity index (χ0v) is 80.9. The van der Waals surface area contributed by atoms with Crippen LogP contribution in [0.4, 0.5) is 0 Å². The highest BCUT2D eigenvalue weighted by Crippen LogP contribution is 2.73. The molecule has 6 heterocycles. The molecule has 0 N–H and O–H groups in total. The van der Waals surface area contributed by atoms with E-state index >= 15 is 0 Å². The summed E-state index contributed by atoms with van der Waals surface area (Å²) in [7, 11) is -1.16. The first kappa shape index (κ1) is 81.4. The van der Waals surface area contributed by atoms with E-state index in [2.05, 4.69) is 415 Å². The summed E-state index contributed by atoms with van der Waals surface area (Å²) < 4.78 is 10.2. The lowest BCUT2D eigenvalue weighted by molar-refractivity contribution is -0.0399. The maximum atomic E-state index is 4.94. The van der Waals surface area contributed by atoms with Gasteiger partial charge in [-0.15, -0.1) is 0 Å². The maximum Gasteiger partial charge on any atom is 0.0780 e. The van der Waals surface area contributed by atoms with E-state index in [0.717, 1.165) is 40.1 Å². The fraction of sp³-hybridized carbons (Fsp3) is 0.203. The van der Waals surface area contributed by atoms with Crippen LogP contribution in [0.25, 0.3) is 209 Å². The highest BCUT2D eigenvalue weighted by molar-refractivity contribution is 8.32. The first-order valence-corrected chi connectivity index (χ1v) is 54.2. The summed E-state index contributed by atoms with van der Waals surface area (Å²) in [5, 5.41) is 16.4. The van der Waals surface area contributed by atoms with Crippen molar-refractivity contribution in [2.45, 2.75) is 106 Å². The van der Waals surface area contributed by atoms with E-state index in [-0.39, 0.29) is 16.2 Å². The molecule has 0 aliphatic heterocycles. The Morgan fingerprint density at radius 3 is 1.36 bits per heavy atom. The number of hydrogen-bond acceptors (Lipinski definition) is 2. The van der Waals surface area contributed by atoms with Crippen molar-refractivity contribution in [2.75, 3.05) is 18.8 Å². The Labute approximate surface area is 818 Å². The minimum atomic E-state index is -1.16. The molecule has 0 atom stereocenters. The molecule has 33 rings (SSSR count). The topological polar surface area (TPSA) is 45.5 Å². The van der Waals surface area contributed by atoms with Crippen LogP contribution in [0, 0.1) is 47.3 Å². The molecule has 6 nitrogen and oxygen atoms in total. The first-order chi connectivity index (χ1) is 68.6. The van der Waals surface area contributed by atoms with Gasteiger partial charge in [-0.25, -0.2) is 10.0 Å². The van der Waals surface area contributed by atoms with Gasteiger partial charge in [-0.05, 0) is 380 Å². The number of benzene rings is 17. The summed E-state index contributed by atoms with van der Waals surface area (Å²) in [5.41, 5.74) is 39.6. The Morgan fingerprint density at radius 1 is 0.271 bits per heavy atom. The average molecular weight is 1820 g/mol. The molecule has 676 valence electrons. The second-order valence-electron chi connectivity index (χ2n) is 44.8. The van der Waals surface area contributed by atoms with Gasteiger partial charge in [0, 0.05) is 111 Å². The maximum absolute atomic E-state index is 4.94. The van der Waals surface area contributed by atoms with Gasteiger partial charge in [0.2, 0.25) is 0 Å². The summed E-state index contributed by atoms with van der Waals surface area (Å²) in [4.78, 5) is 11.0. The highest BCUT2D eigenvalue weighted by Gasteiger charge is 2.64. The van der Waals surface area contributed by atoms with Gasteiger partial charge in [0.1, 0.15) is 0 Å². The predicted octanol–water partition coefficient (Wildman–Crippen LogP) is 34.5. The van der Waals surface area contributed by atoms with Crippen LogP contribution < -0.4 is 0 Å². The van der Waals surface area contributed by atoms with Crippen molar-refractivity contribution in [3.63, 3.8) is 0 Å². The smallest absolute Gasteiger partial charge is 0.0780 e. The van der Waals surface area contributed by atoms with Crippen molar-refractivity contribution in [3.05, 3.63) is 404 Å². The minimum absolute atomic E-state index is 0.0120. The molecule has 8 bridgehead atoms. The lowest BCUT2D eigenvalue weighted by Gasteiger charge is -2.61. The van der Waals surface area contributed by atoms with E-state index in [9.17, 15) is 0 Å². The molecule has 0 amide bonds. The number of hydrogen-bond donors (Lipinski definition) is 0. The van der Waals surface area contributed by atoms with Gasteiger partial charge in [0.25, 0.3) is 0 Å². The molecule has 0 unspecified atom stereocenters. The Kier molecular flexibility index (Phi) is 17.4. The number of rotatable bonds is 9. The van der Waals surface area contributed by atoms with Crippen molar-refractivity contribution < 1.29 is 0 Å². The fourth-order valence-electron chi connectivity index (χ4n) is 30.4. The van der Waals surface area contributed by atoms with Gasteiger partial charge in [-0.2, -0.15) is 0 Å². The molecule has 8 saturated carbocycles. The van der Waals surface area contributed by atoms with Gasteiger partial charge >= 0.3 is 0 Å². The van der Waals surface area contributed by atoms with Crippen LogP contribution >= 0.6 is 10.0 Å². The second kappa shape index (κ2) is 30.0. The summed E-state index contributed by atoms with van der Waals surface area (Å²) >= 11 is 0. The van der Waals surface area contributed by atoms with Crippen molar-refractivity contribution in [2.24, 2.45) is 47.3 Å². The Bertz CT molecular complexity index is 9200. The van der Waals surface area contributed by atoms with Crippen LogP contribution in [0.5, 0.6) is 0 Å². The second-order valence-corrected chi connectivity index (χ2v) is 48.9. The largest absolute Gasteiger partial charge is 0.309 e. The van der Waals surface area contributed by atoms with E-state index in [1.165, 1.54) is 257 Å². The summed E-state index contributed by atoms with van der Waals surface area (Å²) in [6.07, 6.45) is 27.3. The molecule has 140 heavy (non-hydrogen) atoms. The molecular formula is C133H108N6S. The zero-order valence-electron chi connectivity index (χ0n) is 80.1. The number of nitrogens with zero attached hydrogens (tertiary/aromatic N) is 6. The zero-order chi connectivity index (χ0) is 92.7. The Morgan fingerprint density at radius 2 is 0.729 bits per heavy atom. The summed E-state index contributed by atoms with van der Waals surface area (Å²) in [5.74, 6) is 6.34. The van der Waals surface area contributed by atoms with Gasteiger partial charge < -0.3 is 18.3 Å². The van der Waals surface area contributed by atoms with Crippen molar-refractivity contribution >= 4 is 130 Å². The fourth-order valence-corrected chi connectivity index (χ4v) is 31.7. The van der Waals surface area contributed by atoms with E-state index in [0.29, 0.717) is 23.7 Å². The van der Waals surface area contributed by atoms with Gasteiger partial charge in [-0.1, -0.05) is 239 Å². The molecule has 6 aromatic heterocycles. The predicted molar refractivity (Wildman–Crippen MR) is 589 cm³/mol. The number of para-hydroxylation sites is 3. The van der Waals surface area contributed by atoms with E-state index in [4.69, 9.17) is 4.98 Å². The lowest BCUT2D eigenvalue weighted by atomic mass is 9.43. The quantitative estimate of drug-likeness (QED) is 0.145. The van der Waals surface area contributed by atoms with Gasteiger partial charge in [0.05, 0.1) is 55.3 Å². The summed E-state index contributed by atoms with van der Waals surface area (Å²) in [6, 6.07) is 137. The van der Waals surface area contributed by atoms with Crippen LogP contribution in [0.2, 0.25) is 0 Å². The molecule has 17 aromatic carbocycles. The van der Waals surface area contributed by atoms with Crippen LogP contribution in [-0.2, 0) is 16.2 Å². The van der Waals surface area contributed by atoms with E-state index in [1.54, 1.807) is 32.7 Å². The van der Waals surface area contributed by atoms with E-state index < -0.39 is 10.0 Å². The van der Waals surface area contributed by atoms with Gasteiger partial charge in [0.15, 0.2) is 0 Å². The monoisotopic (exact) mass is 1820 g/mol. The third-order valence-electron chi connectivity index (χ3n) is 35.8. The third kappa shape index (κ3) is 11.8. The van der Waals surface area contributed by atoms with Crippen LogP contribution in [0.15, 0.2) is 381 Å². The molecule has 0 radical (unpaired) electrons. The van der Waals surface area contributed by atoms with Crippen molar-refractivity contribution in [1.29, 1.82) is 0 Å². The molecule has 7 heteroatoms. The molecule has 10 aliphatic rings. The summed E-state index contributed by atoms with van der Waals surface area (Å²) in [6.45, 7) is 7.03. The number of aromatic nitrogens is 6. The van der Waals surface area contributed by atoms with E-state index in [1.807, 2.05) is 24.7 Å². The third-order valence-corrected chi connectivity index (χ3v) is 37.4. The number of fused-ring (bicyclic) bond motifs is 21. The van der Waals surface area contributed by atoms with Crippen molar-refractivity contribution in [3.8, 4) is 89.5 Å². The van der Waals surface area contributed by atoms with Crippen LogP contribution in [0.1, 0.15) is 113 Å². The van der Waals surface area contributed by atoms with Gasteiger partial charge in [-0.3, -0.25) is 9.97 Å². The Balaban J connectivity index is 0.000000132. The molecular weight excluding hydrogens is 1710 g/mol. The first-order valence-electron chi connectivity index (χ1n) is 51.3. The SMILES string of the molecule is CC(C)(C)c1ccc2c3cc(-c4ccc5c(c4)c4ccccc4n5-c4ccc5ccccc5c4)ccc3n(-c3ccc4c(c3)C3(c5ccc(-c6cccnc6)cc5-4)C4CC5CC(C4)CC3C5)c2c1.CS(C)(C)c1cc(-n2c3ccc(-c4ccc5c(c4)c4ccccc4n5-c4cccc5ccccc45)cc3c3cc(-c4cccc5cccnc45)ccc32)cc2c1-c1ccccc1C21C2CC3CC(C2)CC1C3. The molecule has 8 fully saturated rings. The normalized spacial score (nSPS) is 21.4. The lowest BCUT2D eigenvalue weighted by Crippen LogP contribution is -2.55. The van der Waals surface area contributed by atoms with Crippen LogP contribution in [0.3, 0.4) is 0 Å².